The van der Waals surface area contributed by atoms with Gasteiger partial charge >= 0.3 is 45.8 Å². The molecule has 0 aromatic heterocycles. The summed E-state index contributed by atoms with van der Waals surface area (Å²) < 4.78 is 11.4. The van der Waals surface area contributed by atoms with Crippen LogP contribution in [0.15, 0.2) is 0 Å². The van der Waals surface area contributed by atoms with E-state index in [1.807, 2.05) is 0 Å². The van der Waals surface area contributed by atoms with Gasteiger partial charge in [-0.15, -0.1) is 0 Å². The van der Waals surface area contributed by atoms with Crippen LogP contribution < -0.4 is 0 Å². The van der Waals surface area contributed by atoms with E-state index in [0.717, 1.165) is 0 Å². The molecule has 0 bridgehead atoms. The van der Waals surface area contributed by atoms with Crippen LogP contribution in [-0.2, 0) is 44.4 Å². The Hall–Kier alpha value is 1.48. The average Bonchev–Trinajstić information content (AvgIpc) is 1.50. The van der Waals surface area contributed by atoms with Gasteiger partial charge in [0, 0.05) is 0 Å². The van der Waals surface area contributed by atoms with Crippen molar-refractivity contribution < 1.29 is 44.4 Å². The van der Waals surface area contributed by atoms with Crippen molar-refractivity contribution in [2.45, 2.75) is 0 Å². The van der Waals surface area contributed by atoms with Gasteiger partial charge in [0.05, 0.1) is 0 Å². The van der Waals surface area contributed by atoms with E-state index in [9.17, 15) is 0 Å². The third kappa shape index (κ3) is 9.77. The third-order valence-electron chi connectivity index (χ3n) is 0. The van der Waals surface area contributed by atoms with E-state index >= 15 is 0 Å². The third-order valence-corrected chi connectivity index (χ3v) is 0. The molecule has 0 amide bonds. The molecule has 0 nitrogen and oxygen atoms in total. The SMILES string of the molecule is [2H][Au].[2H][Au].[CH3-].[CH3-]. The van der Waals surface area contributed by atoms with Gasteiger partial charge in [0.15, 0.2) is 0 Å². The molecule has 0 heterocycles. The molecule has 4 heavy (non-hydrogen) atoms. The van der Waals surface area contributed by atoms with Crippen LogP contribution in [0.25, 0.3) is 0 Å². The van der Waals surface area contributed by atoms with E-state index in [0.29, 0.717) is 0 Å². The number of hydrogen-bond acceptors (Lipinski definition) is 0. The first-order valence-electron chi connectivity index (χ1n) is 0.603. The normalized spacial score (nSPS) is 4.00. The Kier molecular flexibility index (Phi) is 56.2. The topological polar surface area (TPSA) is 0 Å². The average molecular weight is 428 g/mol. The fourth-order valence-corrected chi connectivity index (χ4v) is 0. The molecular formula is C2H8Au2-2. The summed E-state index contributed by atoms with van der Waals surface area (Å²) in [6.07, 6.45) is 0. The summed E-state index contributed by atoms with van der Waals surface area (Å²) in [5.41, 5.74) is 0. The zero-order valence-corrected chi connectivity index (χ0v) is 6.94. The monoisotopic (exact) mass is 428 g/mol. The molecule has 0 N–H and O–H groups in total. The second kappa shape index (κ2) is 24.8. The van der Waals surface area contributed by atoms with E-state index in [1.165, 1.54) is 44.4 Å². The summed E-state index contributed by atoms with van der Waals surface area (Å²) in [5, 5.41) is 0. The summed E-state index contributed by atoms with van der Waals surface area (Å²) in [4.78, 5) is 0. The van der Waals surface area contributed by atoms with E-state index in [1.54, 1.807) is 0 Å². The van der Waals surface area contributed by atoms with Crippen LogP contribution in [0.4, 0.5) is 0 Å². The van der Waals surface area contributed by atoms with Crippen molar-refractivity contribution >= 4 is 0 Å². The fourth-order valence-electron chi connectivity index (χ4n) is 0. The minimum atomic E-state index is 0. The summed E-state index contributed by atoms with van der Waals surface area (Å²) in [6.45, 7) is 0. The molecule has 2 heteroatoms. The molecule has 0 spiro atoms. The Balaban J connectivity index is -0.00000000500. The van der Waals surface area contributed by atoms with Gasteiger partial charge in [-0.05, 0) is 0 Å². The van der Waals surface area contributed by atoms with Crippen LogP contribution in [0, 0.1) is 14.9 Å². The molecule has 0 saturated carbocycles. The zero-order valence-electron chi connectivity index (χ0n) is 4.60. The Morgan fingerprint density at radius 1 is 1.00 bits per heavy atom. The van der Waals surface area contributed by atoms with Crippen LogP contribution in [0.2, 0.25) is 0 Å². The van der Waals surface area contributed by atoms with Crippen molar-refractivity contribution in [3.05, 3.63) is 14.9 Å². The van der Waals surface area contributed by atoms with Crippen LogP contribution >= 0.6 is 0 Å². The number of rotatable bonds is 0. The zero-order chi connectivity index (χ0) is 4.00. The van der Waals surface area contributed by atoms with Crippen LogP contribution in [0.3, 0.4) is 0 Å². The van der Waals surface area contributed by atoms with E-state index in [4.69, 9.17) is 1.36 Å². The second-order valence-corrected chi connectivity index (χ2v) is 0. The minimum absolute atomic E-state index is 0. The Morgan fingerprint density at radius 2 is 1.00 bits per heavy atom. The van der Waals surface area contributed by atoms with Crippen molar-refractivity contribution in [3.8, 4) is 0 Å². The standard InChI is InChI=1S/2CH3.2Au.2H/h2*1H3;;;;/q2*-1;;;;/i;;;;2*1+1. The van der Waals surface area contributed by atoms with Crippen molar-refractivity contribution in [1.29, 1.82) is 1.36 Å². The first-order valence-corrected chi connectivity index (χ1v) is 0. The molecule has 0 aromatic rings. The van der Waals surface area contributed by atoms with Crippen molar-refractivity contribution in [2.24, 2.45) is 0 Å². The molecule has 0 aromatic carbocycles. The van der Waals surface area contributed by atoms with Gasteiger partial charge in [-0.1, -0.05) is 0 Å². The molecule has 0 rings (SSSR count). The maximum atomic E-state index is 5.69. The van der Waals surface area contributed by atoms with Gasteiger partial charge in [0.25, 0.3) is 0 Å². The van der Waals surface area contributed by atoms with Crippen LogP contribution in [0.1, 0.15) is 0 Å². The van der Waals surface area contributed by atoms with Crippen LogP contribution in [0.5, 0.6) is 0 Å². The summed E-state index contributed by atoms with van der Waals surface area (Å²) >= 11 is 3.06. The van der Waals surface area contributed by atoms with Gasteiger partial charge < -0.3 is 14.9 Å². The molecule has 0 aliphatic carbocycles. The van der Waals surface area contributed by atoms with Gasteiger partial charge in [-0.2, -0.15) is 0 Å². The molecule has 0 unspecified atom stereocenters. The summed E-state index contributed by atoms with van der Waals surface area (Å²) in [5.74, 6) is 0. The van der Waals surface area contributed by atoms with E-state index < -0.39 is 0 Å². The van der Waals surface area contributed by atoms with Crippen molar-refractivity contribution in [2.75, 3.05) is 0 Å². The molecule has 0 atom stereocenters. The quantitative estimate of drug-likeness (QED) is 0.387. The van der Waals surface area contributed by atoms with Crippen molar-refractivity contribution in [1.82, 2.24) is 0 Å². The van der Waals surface area contributed by atoms with Gasteiger partial charge in [0.1, 0.15) is 0 Å². The maximum absolute atomic E-state index is 5.69. The second-order valence-electron chi connectivity index (χ2n) is 0. The van der Waals surface area contributed by atoms with E-state index in [2.05, 4.69) is 0 Å². The summed E-state index contributed by atoms with van der Waals surface area (Å²) in [6, 6.07) is 0. The number of hydrogen-bond donors (Lipinski definition) is 0. The molecular weight excluding hydrogens is 418 g/mol. The predicted molar refractivity (Wildman–Crippen MR) is 15.6 cm³/mol. The Morgan fingerprint density at radius 3 is 1.00 bits per heavy atom. The molecule has 0 aliphatic heterocycles. The molecule has 0 radical (unpaired) electrons. The first kappa shape index (κ1) is 9.08. The van der Waals surface area contributed by atoms with Gasteiger partial charge in [-0.25, -0.2) is 0 Å². The molecule has 0 fully saturated rings. The van der Waals surface area contributed by atoms with Crippen molar-refractivity contribution in [3.63, 3.8) is 0 Å². The predicted octanol–water partition coefficient (Wildman–Crippen LogP) is 0.360. The van der Waals surface area contributed by atoms with Gasteiger partial charge in [-0.3, -0.25) is 0 Å². The van der Waals surface area contributed by atoms with Gasteiger partial charge in [0.2, 0.25) is 0 Å². The molecule has 0 aliphatic rings. The molecule has 0 saturated heterocycles. The Labute approximate surface area is 60.5 Å². The van der Waals surface area contributed by atoms with Crippen LogP contribution in [-0.4, -0.2) is 1.36 Å². The maximum Gasteiger partial charge on any atom is -0.358 e. The summed E-state index contributed by atoms with van der Waals surface area (Å²) in [7, 11) is 0. The minimum Gasteiger partial charge on any atom is -0.358 e. The largest absolute Gasteiger partial charge is 0.358 e. The van der Waals surface area contributed by atoms with E-state index in [-0.39, 0.29) is 14.9 Å². The molecule has 40 valence electrons. The smallest absolute Gasteiger partial charge is 0.358 e. The Bertz CT molecular complexity index is 9.51. The fraction of sp³-hybridized carbons (Fsp3) is 0. The first-order chi connectivity index (χ1) is 2.00.